The molecule has 1 aliphatic rings. The molecule has 1 atom stereocenters. The molecule has 1 aliphatic heterocycles. The fraction of sp³-hybridized carbons (Fsp3) is 0.250. The van der Waals surface area contributed by atoms with E-state index in [2.05, 4.69) is 15.9 Å². The highest BCUT2D eigenvalue weighted by atomic mass is 79.9. The van der Waals surface area contributed by atoms with Crippen molar-refractivity contribution in [3.05, 3.63) is 106 Å². The van der Waals surface area contributed by atoms with Crippen molar-refractivity contribution >= 4 is 45.3 Å². The molecule has 0 amide bonds. The number of benzene rings is 2. The smallest absolute Gasteiger partial charge is 0.338 e. The van der Waals surface area contributed by atoms with E-state index < -0.39 is 18.0 Å². The van der Waals surface area contributed by atoms with E-state index >= 15 is 0 Å². The Balaban J connectivity index is 1.67. The van der Waals surface area contributed by atoms with E-state index in [1.807, 2.05) is 19.1 Å². The Labute approximate surface area is 259 Å². The van der Waals surface area contributed by atoms with Gasteiger partial charge in [-0.15, -0.1) is 0 Å². The molecule has 5 rings (SSSR count). The molecule has 222 valence electrons. The number of carbonyl (C=O) groups excluding carboxylic acids is 1. The predicted octanol–water partition coefficient (Wildman–Crippen LogP) is 5.62. The van der Waals surface area contributed by atoms with Gasteiger partial charge in [-0.3, -0.25) is 9.36 Å². The van der Waals surface area contributed by atoms with Crippen molar-refractivity contribution in [1.29, 1.82) is 0 Å². The molecule has 0 unspecified atom stereocenters. The van der Waals surface area contributed by atoms with Crippen LogP contribution in [0.25, 0.3) is 17.4 Å². The number of allylic oxidation sites excluding steroid dienone is 1. The summed E-state index contributed by atoms with van der Waals surface area (Å²) in [6.07, 6.45) is 2.91. The second-order valence-electron chi connectivity index (χ2n) is 9.79. The van der Waals surface area contributed by atoms with Crippen molar-refractivity contribution < 1.29 is 28.6 Å². The number of thiazole rings is 1. The van der Waals surface area contributed by atoms with Crippen LogP contribution in [-0.2, 0) is 9.53 Å². The van der Waals surface area contributed by atoms with E-state index in [1.54, 1.807) is 63.4 Å². The Morgan fingerprint density at radius 1 is 1.19 bits per heavy atom. The summed E-state index contributed by atoms with van der Waals surface area (Å²) in [6, 6.07) is 13.1. The average Bonchev–Trinajstić information content (AvgIpc) is 3.56. The van der Waals surface area contributed by atoms with Gasteiger partial charge < -0.3 is 19.0 Å². The number of halogens is 1. The van der Waals surface area contributed by atoms with Crippen molar-refractivity contribution in [2.24, 2.45) is 4.99 Å². The molecule has 1 N–H and O–H groups in total. The van der Waals surface area contributed by atoms with E-state index in [9.17, 15) is 19.5 Å². The number of methoxy groups -OCH3 is 1. The summed E-state index contributed by atoms with van der Waals surface area (Å²) in [5.41, 5.74) is 2.69. The fourth-order valence-electron chi connectivity index (χ4n) is 5.13. The van der Waals surface area contributed by atoms with E-state index in [0.717, 1.165) is 6.42 Å². The van der Waals surface area contributed by atoms with Gasteiger partial charge in [0.1, 0.15) is 17.3 Å². The van der Waals surface area contributed by atoms with Crippen LogP contribution in [0.2, 0.25) is 0 Å². The summed E-state index contributed by atoms with van der Waals surface area (Å²) >= 11 is 4.74. The quantitative estimate of drug-likeness (QED) is 0.231. The Bertz CT molecular complexity index is 1950. The molecule has 0 radical (unpaired) electrons. The minimum atomic E-state index is -1.02. The maximum Gasteiger partial charge on any atom is 0.338 e. The lowest BCUT2D eigenvalue weighted by atomic mass is 9.94. The highest BCUT2D eigenvalue weighted by Crippen LogP contribution is 2.36. The number of hydrogen-bond donors (Lipinski definition) is 1. The number of carboxylic acids is 1. The van der Waals surface area contributed by atoms with E-state index in [0.29, 0.717) is 65.5 Å². The standard InChI is InChI=1S/C32H29BrN2O7S/c1-5-8-23-27(31(39)41-6-2)28(18-11-13-25(40-4)22(33)15-18)35-29(36)26(43-32(35)34-23)16-19-12-14-24(42-19)20-9-7-10-21(17(20)3)30(37)38/h7,9-16,28H,5-6,8H2,1-4H3,(H,37,38)/b26-16-/t28-/m1/s1. The highest BCUT2D eigenvalue weighted by Gasteiger charge is 2.34. The Morgan fingerprint density at radius 2 is 1.98 bits per heavy atom. The van der Waals surface area contributed by atoms with Crippen LogP contribution in [0.1, 0.15) is 60.0 Å². The number of carboxylic acid groups (broad SMARTS) is 1. The molecule has 0 saturated heterocycles. The monoisotopic (exact) mass is 664 g/mol. The van der Waals surface area contributed by atoms with Gasteiger partial charge in [0.05, 0.1) is 45.6 Å². The number of nitrogens with zero attached hydrogens (tertiary/aromatic N) is 2. The van der Waals surface area contributed by atoms with Crippen LogP contribution >= 0.6 is 27.3 Å². The first-order valence-corrected chi connectivity index (χ1v) is 15.3. The molecule has 43 heavy (non-hydrogen) atoms. The van der Waals surface area contributed by atoms with Gasteiger partial charge >= 0.3 is 11.9 Å². The van der Waals surface area contributed by atoms with E-state index in [1.165, 1.54) is 15.9 Å². The summed E-state index contributed by atoms with van der Waals surface area (Å²) < 4.78 is 19.5. The molecule has 9 nitrogen and oxygen atoms in total. The molecule has 0 fully saturated rings. The number of hydrogen-bond acceptors (Lipinski definition) is 8. The number of fused-ring (bicyclic) bond motifs is 1. The van der Waals surface area contributed by atoms with E-state index in [4.69, 9.17) is 18.9 Å². The first-order valence-electron chi connectivity index (χ1n) is 13.7. The molecule has 0 spiro atoms. The van der Waals surface area contributed by atoms with E-state index in [-0.39, 0.29) is 17.7 Å². The molecule has 0 bridgehead atoms. The van der Waals surface area contributed by atoms with Crippen molar-refractivity contribution in [2.75, 3.05) is 13.7 Å². The minimum Gasteiger partial charge on any atom is -0.496 e. The van der Waals surface area contributed by atoms with Gasteiger partial charge in [-0.25, -0.2) is 14.6 Å². The van der Waals surface area contributed by atoms with Gasteiger partial charge in [-0.05, 0) is 77.7 Å². The van der Waals surface area contributed by atoms with Crippen molar-refractivity contribution in [3.63, 3.8) is 0 Å². The SMILES string of the molecule is CCCC1=C(C(=O)OCC)[C@@H](c2ccc(OC)c(Br)c2)n2c(s/c(=C\c3ccc(-c4cccc(C(=O)O)c4C)o3)c2=O)=N1. The third-order valence-corrected chi connectivity index (χ3v) is 8.72. The number of aromatic carboxylic acids is 1. The topological polar surface area (TPSA) is 120 Å². The number of furan rings is 1. The zero-order valence-electron chi connectivity index (χ0n) is 24.0. The Morgan fingerprint density at radius 3 is 2.65 bits per heavy atom. The number of ether oxygens (including phenoxy) is 2. The lowest BCUT2D eigenvalue weighted by molar-refractivity contribution is -0.139. The normalized spacial score (nSPS) is 14.8. The molecule has 2 aromatic heterocycles. The minimum absolute atomic E-state index is 0.181. The zero-order chi connectivity index (χ0) is 30.8. The first kappa shape index (κ1) is 30.2. The average molecular weight is 666 g/mol. The highest BCUT2D eigenvalue weighted by molar-refractivity contribution is 9.10. The van der Waals surface area contributed by atoms with Crippen LogP contribution in [0.5, 0.6) is 5.75 Å². The van der Waals surface area contributed by atoms with Gasteiger partial charge in [-0.1, -0.05) is 42.9 Å². The number of carbonyl (C=O) groups is 2. The van der Waals surface area contributed by atoms with Crippen LogP contribution < -0.4 is 19.6 Å². The lowest BCUT2D eigenvalue weighted by Gasteiger charge is -2.26. The summed E-state index contributed by atoms with van der Waals surface area (Å²) in [5.74, 6) is -0.0202. The Hall–Kier alpha value is -4.22. The van der Waals surface area contributed by atoms with Crippen LogP contribution in [0.3, 0.4) is 0 Å². The molecule has 11 heteroatoms. The third-order valence-electron chi connectivity index (χ3n) is 7.11. The van der Waals surface area contributed by atoms with Crippen molar-refractivity contribution in [3.8, 4) is 17.1 Å². The van der Waals surface area contributed by atoms with Crippen LogP contribution in [0.4, 0.5) is 0 Å². The Kier molecular flexibility index (Phi) is 8.84. The zero-order valence-corrected chi connectivity index (χ0v) is 26.4. The van der Waals surface area contributed by atoms with Crippen LogP contribution in [0, 0.1) is 6.92 Å². The van der Waals surface area contributed by atoms with Gasteiger partial charge in [0, 0.05) is 11.6 Å². The summed E-state index contributed by atoms with van der Waals surface area (Å²) in [7, 11) is 1.57. The summed E-state index contributed by atoms with van der Waals surface area (Å²) in [5, 5.41) is 9.51. The van der Waals surface area contributed by atoms with Gasteiger partial charge in [0.25, 0.3) is 5.56 Å². The maximum absolute atomic E-state index is 14.0. The second kappa shape index (κ2) is 12.6. The van der Waals surface area contributed by atoms with Crippen LogP contribution in [-0.4, -0.2) is 35.3 Å². The fourth-order valence-corrected chi connectivity index (χ4v) is 6.69. The number of rotatable bonds is 9. The summed E-state index contributed by atoms with van der Waals surface area (Å²) in [4.78, 5) is 44.2. The first-order chi connectivity index (χ1) is 20.7. The molecule has 2 aromatic carbocycles. The summed E-state index contributed by atoms with van der Waals surface area (Å²) in [6.45, 7) is 5.65. The third kappa shape index (κ3) is 5.74. The second-order valence-corrected chi connectivity index (χ2v) is 11.7. The maximum atomic E-state index is 14.0. The molecule has 0 aliphatic carbocycles. The lowest BCUT2D eigenvalue weighted by Crippen LogP contribution is -2.40. The van der Waals surface area contributed by atoms with Gasteiger partial charge in [0.15, 0.2) is 4.80 Å². The van der Waals surface area contributed by atoms with Gasteiger partial charge in [-0.2, -0.15) is 0 Å². The number of esters is 1. The molecular weight excluding hydrogens is 636 g/mol. The van der Waals surface area contributed by atoms with Crippen LogP contribution in [0.15, 0.2) is 78.5 Å². The van der Waals surface area contributed by atoms with Crippen molar-refractivity contribution in [2.45, 2.75) is 39.7 Å². The molecule has 3 heterocycles. The largest absolute Gasteiger partial charge is 0.496 e. The van der Waals surface area contributed by atoms with Gasteiger partial charge in [0.2, 0.25) is 0 Å². The predicted molar refractivity (Wildman–Crippen MR) is 166 cm³/mol. The molecular formula is C32H29BrN2O7S. The molecule has 4 aromatic rings. The molecule has 0 saturated carbocycles. The number of aromatic nitrogens is 1. The van der Waals surface area contributed by atoms with Crippen molar-refractivity contribution in [1.82, 2.24) is 4.57 Å².